The van der Waals surface area contributed by atoms with Gasteiger partial charge >= 0.3 is 0 Å². The number of hydrogen-bond donors (Lipinski definition) is 4. The summed E-state index contributed by atoms with van der Waals surface area (Å²) in [5.41, 5.74) is 0.303. The van der Waals surface area contributed by atoms with Crippen LogP contribution in [0.15, 0.2) is 52.1 Å². The van der Waals surface area contributed by atoms with Gasteiger partial charge in [-0.25, -0.2) is 4.99 Å². The molecule has 0 radical (unpaired) electrons. The number of nitrogens with zero attached hydrogens (tertiary/aromatic N) is 2. The van der Waals surface area contributed by atoms with Gasteiger partial charge in [0, 0.05) is 25.2 Å². The zero-order valence-electron chi connectivity index (χ0n) is 18.3. The number of guanidine groups is 1. The number of carbonyl (C=O) groups excluding carboxylic acids is 2. The number of piperazine rings is 1. The van der Waals surface area contributed by atoms with Crippen LogP contribution in [-0.4, -0.2) is 60.5 Å². The van der Waals surface area contributed by atoms with E-state index in [2.05, 4.69) is 20.9 Å². The number of halogens is 1. The average Bonchev–Trinajstić information content (AvgIpc) is 3.32. The molecule has 1 atom stereocenters. The van der Waals surface area contributed by atoms with E-state index < -0.39 is 5.60 Å². The summed E-state index contributed by atoms with van der Waals surface area (Å²) < 4.78 is 5.30. The van der Waals surface area contributed by atoms with Crippen LogP contribution in [0.1, 0.15) is 35.5 Å². The number of rotatable bonds is 7. The van der Waals surface area contributed by atoms with Crippen molar-refractivity contribution in [3.63, 3.8) is 0 Å². The van der Waals surface area contributed by atoms with Gasteiger partial charge in [-0.3, -0.25) is 9.59 Å². The molecule has 9 nitrogen and oxygen atoms in total. The van der Waals surface area contributed by atoms with Gasteiger partial charge in [0.05, 0.1) is 25.9 Å². The molecule has 0 bridgehead atoms. The Morgan fingerprint density at radius 1 is 1.28 bits per heavy atom. The van der Waals surface area contributed by atoms with Crippen molar-refractivity contribution in [3.05, 3.63) is 59.5 Å². The summed E-state index contributed by atoms with van der Waals surface area (Å²) in [5.74, 6) is 0.746. The molecule has 2 amide bonds. The number of hydrogen-bond acceptors (Lipinski definition) is 5. The molecule has 1 aliphatic rings. The molecule has 2 heterocycles. The Morgan fingerprint density at radius 3 is 2.66 bits per heavy atom. The van der Waals surface area contributed by atoms with E-state index in [1.165, 1.54) is 6.26 Å². The second-order valence-electron chi connectivity index (χ2n) is 7.57. The number of nitrogens with one attached hydrogen (secondary N) is 3. The summed E-state index contributed by atoms with van der Waals surface area (Å²) in [5, 5.41) is 19.6. The van der Waals surface area contributed by atoms with E-state index in [1.807, 2.05) is 19.1 Å². The maximum Gasteiger partial charge on any atom is 0.254 e. The lowest BCUT2D eigenvalue weighted by Gasteiger charge is -2.26. The predicted octanol–water partition coefficient (Wildman–Crippen LogP) is 1.43. The van der Waals surface area contributed by atoms with Crippen LogP contribution in [0.4, 0.5) is 0 Å². The van der Waals surface area contributed by atoms with Crippen molar-refractivity contribution >= 4 is 41.8 Å². The minimum absolute atomic E-state index is 0. The van der Waals surface area contributed by atoms with E-state index in [9.17, 15) is 14.7 Å². The Morgan fingerprint density at radius 2 is 2.03 bits per heavy atom. The van der Waals surface area contributed by atoms with Gasteiger partial charge < -0.3 is 30.4 Å². The SMILES string of the molecule is CCNC(=NCc1ccc(C(=O)N2CCNC(=O)C2)cc1)NCC(C)(O)c1ccco1.I. The van der Waals surface area contributed by atoms with Gasteiger partial charge in [-0.2, -0.15) is 0 Å². The van der Waals surface area contributed by atoms with Crippen LogP contribution < -0.4 is 16.0 Å². The van der Waals surface area contributed by atoms with Gasteiger partial charge in [-0.15, -0.1) is 24.0 Å². The molecule has 0 aliphatic carbocycles. The largest absolute Gasteiger partial charge is 0.466 e. The molecule has 1 saturated heterocycles. The lowest BCUT2D eigenvalue weighted by Crippen LogP contribution is -2.49. The van der Waals surface area contributed by atoms with Crippen molar-refractivity contribution in [2.45, 2.75) is 26.0 Å². The summed E-state index contributed by atoms with van der Waals surface area (Å²) in [6.45, 7) is 6.01. The van der Waals surface area contributed by atoms with Crippen molar-refractivity contribution in [2.24, 2.45) is 4.99 Å². The number of furan rings is 1. The summed E-state index contributed by atoms with van der Waals surface area (Å²) >= 11 is 0. The normalized spacial score (nSPS) is 15.9. The Balaban J connectivity index is 0.00000363. The fourth-order valence-electron chi connectivity index (χ4n) is 3.19. The molecular formula is C22H30IN5O4. The molecule has 10 heteroatoms. The lowest BCUT2D eigenvalue weighted by atomic mass is 10.0. The molecule has 2 aromatic rings. The van der Waals surface area contributed by atoms with Crippen LogP contribution in [-0.2, 0) is 16.9 Å². The average molecular weight is 555 g/mol. The molecule has 1 unspecified atom stereocenters. The van der Waals surface area contributed by atoms with Gasteiger partial charge in [0.2, 0.25) is 5.91 Å². The highest BCUT2D eigenvalue weighted by molar-refractivity contribution is 14.0. The molecule has 4 N–H and O–H groups in total. The molecule has 1 aromatic carbocycles. The van der Waals surface area contributed by atoms with Crippen LogP contribution in [0.2, 0.25) is 0 Å². The van der Waals surface area contributed by atoms with E-state index in [-0.39, 0.29) is 48.9 Å². The summed E-state index contributed by atoms with van der Waals surface area (Å²) in [4.78, 5) is 30.1. The van der Waals surface area contributed by atoms with Crippen molar-refractivity contribution in [1.29, 1.82) is 0 Å². The van der Waals surface area contributed by atoms with Gasteiger partial charge in [-0.1, -0.05) is 12.1 Å². The fourth-order valence-corrected chi connectivity index (χ4v) is 3.19. The highest BCUT2D eigenvalue weighted by Gasteiger charge is 2.26. The van der Waals surface area contributed by atoms with Crippen molar-refractivity contribution in [2.75, 3.05) is 32.7 Å². The van der Waals surface area contributed by atoms with E-state index >= 15 is 0 Å². The number of benzene rings is 1. The first-order chi connectivity index (χ1) is 14.9. The van der Waals surface area contributed by atoms with Gasteiger partial charge in [0.25, 0.3) is 5.91 Å². The highest BCUT2D eigenvalue weighted by Crippen LogP contribution is 2.19. The molecule has 32 heavy (non-hydrogen) atoms. The quantitative estimate of drug-likeness (QED) is 0.233. The van der Waals surface area contributed by atoms with Crippen LogP contribution in [0.5, 0.6) is 0 Å². The van der Waals surface area contributed by atoms with E-state index in [1.54, 1.807) is 36.1 Å². The van der Waals surface area contributed by atoms with Gasteiger partial charge in [0.15, 0.2) is 5.96 Å². The summed E-state index contributed by atoms with van der Waals surface area (Å²) in [6.07, 6.45) is 1.53. The number of aliphatic hydroxyl groups is 1. The monoisotopic (exact) mass is 555 g/mol. The van der Waals surface area contributed by atoms with Crippen molar-refractivity contribution < 1.29 is 19.1 Å². The topological polar surface area (TPSA) is 119 Å². The third-order valence-electron chi connectivity index (χ3n) is 4.94. The molecular weight excluding hydrogens is 525 g/mol. The first-order valence-electron chi connectivity index (χ1n) is 10.3. The maximum absolute atomic E-state index is 12.6. The number of amides is 2. The van der Waals surface area contributed by atoms with E-state index in [0.29, 0.717) is 43.5 Å². The number of aliphatic imine (C=N–C) groups is 1. The second-order valence-corrected chi connectivity index (χ2v) is 7.57. The summed E-state index contributed by atoms with van der Waals surface area (Å²) in [6, 6.07) is 10.7. The van der Waals surface area contributed by atoms with Gasteiger partial charge in [-0.05, 0) is 43.7 Å². The van der Waals surface area contributed by atoms with Crippen LogP contribution >= 0.6 is 24.0 Å². The Bertz CT molecular complexity index is 913. The molecule has 174 valence electrons. The maximum atomic E-state index is 12.6. The van der Waals surface area contributed by atoms with Crippen LogP contribution in [0.25, 0.3) is 0 Å². The highest BCUT2D eigenvalue weighted by atomic mass is 127. The first kappa shape index (κ1) is 25.7. The molecule has 1 aromatic heterocycles. The van der Waals surface area contributed by atoms with Crippen LogP contribution in [0, 0.1) is 0 Å². The Labute approximate surface area is 204 Å². The van der Waals surface area contributed by atoms with Crippen molar-refractivity contribution in [1.82, 2.24) is 20.9 Å². The second kappa shape index (κ2) is 11.9. The minimum atomic E-state index is -1.17. The molecule has 0 saturated carbocycles. The Hall–Kier alpha value is -2.60. The standard InChI is InChI=1S/C22H29N5O4.HI/c1-3-23-21(26-15-22(2,30)18-5-4-12-31-18)25-13-16-6-8-17(9-7-16)20(29)27-11-10-24-19(28)14-27;/h4-9,12,30H,3,10-11,13-15H2,1-2H3,(H,24,28)(H2,23,25,26);1H. The lowest BCUT2D eigenvalue weighted by molar-refractivity contribution is -0.123. The molecule has 1 fully saturated rings. The van der Waals surface area contributed by atoms with E-state index in [0.717, 1.165) is 5.56 Å². The predicted molar refractivity (Wildman–Crippen MR) is 132 cm³/mol. The fraction of sp³-hybridized carbons (Fsp3) is 0.409. The van der Waals surface area contributed by atoms with Crippen molar-refractivity contribution in [3.8, 4) is 0 Å². The molecule has 3 rings (SSSR count). The smallest absolute Gasteiger partial charge is 0.254 e. The van der Waals surface area contributed by atoms with Crippen LogP contribution in [0.3, 0.4) is 0 Å². The van der Waals surface area contributed by atoms with E-state index in [4.69, 9.17) is 4.42 Å². The third-order valence-corrected chi connectivity index (χ3v) is 4.94. The zero-order chi connectivity index (χ0) is 22.3. The third kappa shape index (κ3) is 6.95. The zero-order valence-corrected chi connectivity index (χ0v) is 20.6. The minimum Gasteiger partial charge on any atom is -0.466 e. The molecule has 0 spiro atoms. The Kier molecular flexibility index (Phi) is 9.51. The summed E-state index contributed by atoms with van der Waals surface area (Å²) in [7, 11) is 0. The number of carbonyl (C=O) groups is 2. The molecule has 1 aliphatic heterocycles. The first-order valence-corrected chi connectivity index (χ1v) is 10.3. The van der Waals surface area contributed by atoms with Gasteiger partial charge in [0.1, 0.15) is 11.4 Å².